The number of hydrogen-bond donors (Lipinski definition) is 2. The van der Waals surface area contributed by atoms with Gasteiger partial charge in [0.05, 0.1) is 44.7 Å². The molecule has 0 aliphatic heterocycles. The van der Waals surface area contributed by atoms with Crippen LogP contribution >= 0.6 is 11.6 Å². The lowest BCUT2D eigenvalue weighted by Crippen LogP contribution is -2.29. The first-order valence-electron chi connectivity index (χ1n) is 12.0. The normalized spacial score (nSPS) is 10.5. The van der Waals surface area contributed by atoms with Gasteiger partial charge in [-0.15, -0.1) is 0 Å². The van der Waals surface area contributed by atoms with E-state index in [-0.39, 0.29) is 30.5 Å². The fourth-order valence-corrected chi connectivity index (χ4v) is 3.85. The second-order valence-corrected chi connectivity index (χ2v) is 8.57. The number of pyridine rings is 1. The molecule has 0 saturated carbocycles. The number of aromatic nitrogens is 3. The fourth-order valence-electron chi connectivity index (χ4n) is 3.64. The van der Waals surface area contributed by atoms with Crippen LogP contribution in [-0.4, -0.2) is 55.3 Å². The lowest BCUT2D eigenvalue weighted by Gasteiger charge is -2.14. The van der Waals surface area contributed by atoms with Crippen molar-refractivity contribution in [3.8, 4) is 34.5 Å². The molecule has 0 spiro atoms. The van der Waals surface area contributed by atoms with Gasteiger partial charge in [-0.2, -0.15) is 4.98 Å². The van der Waals surface area contributed by atoms with Crippen molar-refractivity contribution in [3.05, 3.63) is 83.0 Å². The number of halogens is 1. The Labute approximate surface area is 231 Å². The molecule has 0 unspecified atom stereocenters. The van der Waals surface area contributed by atoms with Crippen molar-refractivity contribution in [2.75, 3.05) is 39.8 Å². The van der Waals surface area contributed by atoms with Gasteiger partial charge in [0.2, 0.25) is 17.7 Å². The van der Waals surface area contributed by atoms with E-state index in [1.807, 2.05) is 18.2 Å². The molecule has 1 amide bonds. The number of nitrogens with zero attached hydrogens (tertiary/aromatic N) is 3. The summed E-state index contributed by atoms with van der Waals surface area (Å²) in [6, 6.07) is 18.1. The molecule has 202 valence electrons. The minimum atomic E-state index is -0.373. The third-order valence-electron chi connectivity index (χ3n) is 5.58. The number of methoxy groups -OCH3 is 3. The van der Waals surface area contributed by atoms with E-state index in [1.54, 1.807) is 49.6 Å². The van der Waals surface area contributed by atoms with E-state index >= 15 is 0 Å². The van der Waals surface area contributed by atoms with Crippen molar-refractivity contribution < 1.29 is 23.7 Å². The summed E-state index contributed by atoms with van der Waals surface area (Å²) in [6.45, 7) is 0.963. The maximum atomic E-state index is 13.2. The van der Waals surface area contributed by atoms with Crippen LogP contribution in [0.15, 0.2) is 66.9 Å². The summed E-state index contributed by atoms with van der Waals surface area (Å²) < 4.78 is 21.5. The summed E-state index contributed by atoms with van der Waals surface area (Å²) in [5.74, 6) is 1.97. The first-order valence-corrected chi connectivity index (χ1v) is 12.4. The molecule has 2 N–H and O–H groups in total. The highest BCUT2D eigenvalue weighted by Gasteiger charge is 2.20. The molecule has 10 nitrogen and oxygen atoms in total. The van der Waals surface area contributed by atoms with Crippen LogP contribution in [0.4, 0.5) is 5.95 Å². The van der Waals surface area contributed by atoms with Gasteiger partial charge >= 0.3 is 0 Å². The maximum absolute atomic E-state index is 13.2. The molecular formula is C28H28ClN5O5. The third kappa shape index (κ3) is 7.26. The Morgan fingerprint density at radius 1 is 0.923 bits per heavy atom. The van der Waals surface area contributed by atoms with Crippen LogP contribution in [0.25, 0.3) is 11.3 Å². The zero-order chi connectivity index (χ0) is 27.6. The van der Waals surface area contributed by atoms with Gasteiger partial charge < -0.3 is 29.6 Å². The summed E-state index contributed by atoms with van der Waals surface area (Å²) in [6.07, 6.45) is 1.46. The van der Waals surface area contributed by atoms with Gasteiger partial charge in [0.25, 0.3) is 5.91 Å². The number of benzene rings is 2. The third-order valence-corrected chi connectivity index (χ3v) is 5.82. The van der Waals surface area contributed by atoms with Crippen molar-refractivity contribution in [2.45, 2.75) is 6.54 Å². The van der Waals surface area contributed by atoms with E-state index in [0.29, 0.717) is 40.4 Å². The molecule has 39 heavy (non-hydrogen) atoms. The number of anilines is 1. The average Bonchev–Trinajstić information content (AvgIpc) is 2.98. The van der Waals surface area contributed by atoms with Gasteiger partial charge in [-0.05, 0) is 48.0 Å². The largest absolute Gasteiger partial charge is 0.497 e. The molecule has 0 aliphatic rings. The molecule has 0 bridgehead atoms. The molecule has 2 aromatic heterocycles. The van der Waals surface area contributed by atoms with Crippen molar-refractivity contribution in [1.29, 1.82) is 0 Å². The highest BCUT2D eigenvalue weighted by atomic mass is 35.5. The average molecular weight is 550 g/mol. The summed E-state index contributed by atoms with van der Waals surface area (Å²) in [5.41, 5.74) is 2.05. The second-order valence-electron chi connectivity index (χ2n) is 8.13. The van der Waals surface area contributed by atoms with Crippen LogP contribution in [0.5, 0.6) is 23.3 Å². The van der Waals surface area contributed by atoms with Gasteiger partial charge in [-0.25, -0.2) is 9.97 Å². The molecule has 0 atom stereocenters. The Morgan fingerprint density at radius 3 is 2.44 bits per heavy atom. The Kier molecular flexibility index (Phi) is 9.36. The first-order chi connectivity index (χ1) is 19.0. The molecule has 0 saturated heterocycles. The molecule has 2 heterocycles. The number of rotatable bonds is 12. The zero-order valence-corrected chi connectivity index (χ0v) is 22.5. The number of ether oxygens (including phenoxy) is 4. The van der Waals surface area contributed by atoms with Crippen molar-refractivity contribution in [2.24, 2.45) is 0 Å². The molecule has 4 rings (SSSR count). The highest BCUT2D eigenvalue weighted by molar-refractivity contribution is 6.30. The summed E-state index contributed by atoms with van der Waals surface area (Å²) in [5, 5.41) is 6.66. The number of nitrogens with one attached hydrogen (secondary N) is 2. The molecule has 11 heteroatoms. The lowest BCUT2D eigenvalue weighted by atomic mass is 10.1. The van der Waals surface area contributed by atoms with Crippen LogP contribution in [0, 0.1) is 0 Å². The maximum Gasteiger partial charge on any atom is 0.255 e. The standard InChI is InChI=1S/C28H28ClN5O5/c1-36-20-7-9-21(10-8-20)39-14-13-30-26(35)23-17-32-28(31-16-18-5-4-6-19(29)15-18)34-25(23)22-11-12-24(37-2)33-27(22)38-3/h4-12,15,17H,13-14,16H2,1-3H3,(H,30,35)(H,31,32,34). The molecular weight excluding hydrogens is 522 g/mol. The van der Waals surface area contributed by atoms with Gasteiger partial charge in [0.15, 0.2) is 0 Å². The highest BCUT2D eigenvalue weighted by Crippen LogP contribution is 2.32. The Hall–Kier alpha value is -4.57. The van der Waals surface area contributed by atoms with E-state index in [9.17, 15) is 4.79 Å². The van der Waals surface area contributed by atoms with E-state index in [0.717, 1.165) is 11.3 Å². The van der Waals surface area contributed by atoms with Gasteiger partial charge in [0.1, 0.15) is 18.1 Å². The quantitative estimate of drug-likeness (QED) is 0.244. The van der Waals surface area contributed by atoms with Crippen molar-refractivity contribution in [1.82, 2.24) is 20.3 Å². The minimum Gasteiger partial charge on any atom is -0.497 e. The smallest absolute Gasteiger partial charge is 0.255 e. The van der Waals surface area contributed by atoms with E-state index in [2.05, 4.69) is 25.6 Å². The topological polar surface area (TPSA) is 117 Å². The number of hydrogen-bond acceptors (Lipinski definition) is 9. The predicted molar refractivity (Wildman–Crippen MR) is 148 cm³/mol. The van der Waals surface area contributed by atoms with Gasteiger partial charge in [0, 0.05) is 23.8 Å². The number of carbonyl (C=O) groups is 1. The van der Waals surface area contributed by atoms with E-state index in [4.69, 9.17) is 30.5 Å². The van der Waals surface area contributed by atoms with Crippen LogP contribution < -0.4 is 29.6 Å². The molecule has 2 aromatic carbocycles. The predicted octanol–water partition coefficient (Wildman–Crippen LogP) is 4.64. The molecule has 0 aliphatic carbocycles. The monoisotopic (exact) mass is 549 g/mol. The van der Waals surface area contributed by atoms with Crippen LogP contribution in [0.1, 0.15) is 15.9 Å². The zero-order valence-electron chi connectivity index (χ0n) is 21.7. The molecule has 0 radical (unpaired) electrons. The Balaban J connectivity index is 1.53. The molecule has 0 fully saturated rings. The van der Waals surface area contributed by atoms with E-state index < -0.39 is 0 Å². The van der Waals surface area contributed by atoms with Gasteiger partial charge in [-0.1, -0.05) is 23.7 Å². The summed E-state index contributed by atoms with van der Waals surface area (Å²) in [7, 11) is 4.60. The molecule has 4 aromatic rings. The minimum absolute atomic E-state index is 0.248. The van der Waals surface area contributed by atoms with Gasteiger partial charge in [-0.3, -0.25) is 4.79 Å². The fraction of sp³-hybridized carbons (Fsp3) is 0.214. The van der Waals surface area contributed by atoms with E-state index in [1.165, 1.54) is 20.4 Å². The number of amides is 1. The summed E-state index contributed by atoms with van der Waals surface area (Å²) in [4.78, 5) is 26.5. The SMILES string of the molecule is COc1ccc(OCCNC(=O)c2cnc(NCc3cccc(Cl)c3)nc2-c2ccc(OC)nc2OC)cc1. The van der Waals surface area contributed by atoms with Crippen LogP contribution in [-0.2, 0) is 6.54 Å². The first kappa shape index (κ1) is 27.5. The second kappa shape index (κ2) is 13.3. The Morgan fingerprint density at radius 2 is 1.72 bits per heavy atom. The van der Waals surface area contributed by atoms with Crippen LogP contribution in [0.2, 0.25) is 5.02 Å². The van der Waals surface area contributed by atoms with Crippen LogP contribution in [0.3, 0.4) is 0 Å². The van der Waals surface area contributed by atoms with Crippen molar-refractivity contribution >= 4 is 23.5 Å². The summed E-state index contributed by atoms with van der Waals surface area (Å²) >= 11 is 6.10. The van der Waals surface area contributed by atoms with Crippen molar-refractivity contribution in [3.63, 3.8) is 0 Å². The number of carbonyl (C=O) groups excluding carboxylic acids is 1. The lowest BCUT2D eigenvalue weighted by molar-refractivity contribution is 0.0947. The Bertz CT molecular complexity index is 1420.